The summed E-state index contributed by atoms with van der Waals surface area (Å²) in [6, 6.07) is 0. The molecule has 1 aliphatic heterocycles. The topological polar surface area (TPSA) is 157 Å². The first kappa shape index (κ1) is 29.7. The highest BCUT2D eigenvalue weighted by atomic mass is 16.7. The number of ether oxygens (including phenoxy) is 2. The van der Waals surface area contributed by atoms with E-state index in [2.05, 4.69) is 20.8 Å². The van der Waals surface area contributed by atoms with Gasteiger partial charge < -0.3 is 40.1 Å². The quantitative estimate of drug-likeness (QED) is 0.269. The van der Waals surface area contributed by atoms with E-state index in [1.807, 2.05) is 0 Å². The molecule has 1 saturated heterocycles. The molecule has 0 aromatic carbocycles. The lowest BCUT2D eigenvalue weighted by atomic mass is 9.43. The summed E-state index contributed by atoms with van der Waals surface area (Å²) in [7, 11) is 0. The summed E-state index contributed by atoms with van der Waals surface area (Å²) in [5.41, 5.74) is 0.00145. The van der Waals surface area contributed by atoms with E-state index in [0.29, 0.717) is 30.1 Å². The van der Waals surface area contributed by atoms with Gasteiger partial charge >= 0.3 is 5.97 Å². The maximum absolute atomic E-state index is 12.7. The van der Waals surface area contributed by atoms with Crippen LogP contribution in [-0.2, 0) is 14.3 Å². The SMILES string of the molecule is C[C@H](CCC(=O)O[C@@H]1O[C@H](CO)[C@H](O)[C@H](O)[C@H]1O)[C@H]1CC[C@H]2[C@@H]3CC[C@@H]4C[C@H](O)CC[C@]4(C)[C@H]3C[C@H](O)[C@]12C. The standard InChI is InChI=1S/C30H50O9/c1-15(4-9-24(34)39-28-27(37)26(36)25(35)22(14-31)38-28)19-7-8-20-18-6-5-16-12-17(32)10-11-29(16,2)21(18)13-23(33)30(19,20)3/h15-23,25-28,31-33,35-37H,4-14H2,1-3H3/t15-,16-,17-,18+,19-,20+,21+,22-,23+,25+,26+,27-,28+,29+,30-/m1/s1. The van der Waals surface area contributed by atoms with Crippen LogP contribution >= 0.6 is 0 Å². The molecular weight excluding hydrogens is 504 g/mol. The van der Waals surface area contributed by atoms with Gasteiger partial charge in [-0.2, -0.15) is 0 Å². The van der Waals surface area contributed by atoms with Gasteiger partial charge in [-0.05, 0) is 104 Å². The van der Waals surface area contributed by atoms with Crippen LogP contribution in [0.3, 0.4) is 0 Å². The van der Waals surface area contributed by atoms with Crippen molar-refractivity contribution in [1.82, 2.24) is 0 Å². The van der Waals surface area contributed by atoms with E-state index in [1.165, 1.54) is 12.8 Å². The fourth-order valence-electron chi connectivity index (χ4n) is 10.1. The van der Waals surface area contributed by atoms with Crippen LogP contribution in [0.15, 0.2) is 0 Å². The zero-order chi connectivity index (χ0) is 28.3. The first-order valence-corrected chi connectivity index (χ1v) is 15.3. The van der Waals surface area contributed by atoms with Crippen LogP contribution < -0.4 is 0 Å². The highest BCUT2D eigenvalue weighted by Gasteiger charge is 2.63. The van der Waals surface area contributed by atoms with Crippen molar-refractivity contribution in [2.24, 2.45) is 46.3 Å². The molecule has 4 saturated carbocycles. The summed E-state index contributed by atoms with van der Waals surface area (Å²) in [4.78, 5) is 12.7. The molecule has 4 aliphatic carbocycles. The number of fused-ring (bicyclic) bond motifs is 5. The summed E-state index contributed by atoms with van der Waals surface area (Å²) in [6.07, 6.45) is 0.964. The van der Waals surface area contributed by atoms with Gasteiger partial charge in [0, 0.05) is 6.42 Å². The second-order valence-corrected chi connectivity index (χ2v) is 14.1. The third-order valence-electron chi connectivity index (χ3n) is 12.4. The predicted octanol–water partition coefficient (Wildman–Crippen LogP) is 1.74. The van der Waals surface area contributed by atoms with Crippen molar-refractivity contribution in [3.8, 4) is 0 Å². The maximum Gasteiger partial charge on any atom is 0.308 e. The Morgan fingerprint density at radius 3 is 2.41 bits per heavy atom. The van der Waals surface area contributed by atoms with Gasteiger partial charge in [-0.25, -0.2) is 0 Å². The lowest BCUT2D eigenvalue weighted by Gasteiger charge is -2.62. The van der Waals surface area contributed by atoms with Crippen molar-refractivity contribution in [2.45, 2.75) is 128 Å². The molecule has 1 heterocycles. The number of aliphatic hydroxyl groups is 6. The lowest BCUT2D eigenvalue weighted by molar-refractivity contribution is -0.292. The molecule has 224 valence electrons. The van der Waals surface area contributed by atoms with Crippen LogP contribution in [0.2, 0.25) is 0 Å². The monoisotopic (exact) mass is 554 g/mol. The van der Waals surface area contributed by atoms with E-state index >= 15 is 0 Å². The number of esters is 1. The second-order valence-electron chi connectivity index (χ2n) is 14.1. The molecule has 0 amide bonds. The van der Waals surface area contributed by atoms with Gasteiger partial charge in [-0.3, -0.25) is 4.79 Å². The van der Waals surface area contributed by atoms with Crippen LogP contribution in [0, 0.1) is 46.3 Å². The fourth-order valence-corrected chi connectivity index (χ4v) is 10.1. The van der Waals surface area contributed by atoms with E-state index in [4.69, 9.17) is 9.47 Å². The Bertz CT molecular complexity index is 882. The van der Waals surface area contributed by atoms with E-state index < -0.39 is 43.3 Å². The van der Waals surface area contributed by atoms with Crippen LogP contribution in [0.5, 0.6) is 0 Å². The fraction of sp³-hybridized carbons (Fsp3) is 0.967. The molecule has 5 aliphatic rings. The molecule has 0 spiro atoms. The molecule has 0 radical (unpaired) electrons. The largest absolute Gasteiger partial charge is 0.433 e. The Balaban J connectivity index is 1.20. The molecule has 0 unspecified atom stereocenters. The molecule has 15 atom stereocenters. The van der Waals surface area contributed by atoms with Crippen molar-refractivity contribution in [3.63, 3.8) is 0 Å². The summed E-state index contributed by atoms with van der Waals surface area (Å²) in [5, 5.41) is 61.5. The van der Waals surface area contributed by atoms with Gasteiger partial charge in [-0.15, -0.1) is 0 Å². The number of carbonyl (C=O) groups is 1. The van der Waals surface area contributed by atoms with Crippen molar-refractivity contribution >= 4 is 5.97 Å². The molecule has 39 heavy (non-hydrogen) atoms. The minimum atomic E-state index is -1.60. The Hall–Kier alpha value is -0.810. The number of hydrogen-bond donors (Lipinski definition) is 6. The van der Waals surface area contributed by atoms with Crippen LogP contribution in [0.25, 0.3) is 0 Å². The number of aliphatic hydroxyl groups excluding tert-OH is 6. The van der Waals surface area contributed by atoms with E-state index in [0.717, 1.165) is 38.5 Å². The first-order chi connectivity index (χ1) is 18.4. The Labute approximate surface area is 231 Å². The number of rotatable bonds is 6. The van der Waals surface area contributed by atoms with Crippen LogP contribution in [0.1, 0.15) is 85.0 Å². The van der Waals surface area contributed by atoms with Gasteiger partial charge in [0.05, 0.1) is 18.8 Å². The van der Waals surface area contributed by atoms with E-state index in [9.17, 15) is 35.4 Å². The van der Waals surface area contributed by atoms with Crippen LogP contribution in [-0.4, -0.2) is 86.1 Å². The Morgan fingerprint density at radius 1 is 0.949 bits per heavy atom. The molecule has 0 bridgehead atoms. The average Bonchev–Trinajstić information content (AvgIpc) is 3.27. The zero-order valence-corrected chi connectivity index (χ0v) is 23.7. The summed E-state index contributed by atoms with van der Waals surface area (Å²) in [6.45, 7) is 6.27. The Morgan fingerprint density at radius 2 is 1.69 bits per heavy atom. The maximum atomic E-state index is 12.7. The van der Waals surface area contributed by atoms with Gasteiger partial charge in [-0.1, -0.05) is 20.8 Å². The highest BCUT2D eigenvalue weighted by Crippen LogP contribution is 2.68. The number of carbonyl (C=O) groups excluding carboxylic acids is 1. The van der Waals surface area contributed by atoms with Crippen molar-refractivity contribution in [1.29, 1.82) is 0 Å². The van der Waals surface area contributed by atoms with Gasteiger partial charge in [0.15, 0.2) is 0 Å². The van der Waals surface area contributed by atoms with Crippen LogP contribution in [0.4, 0.5) is 0 Å². The third kappa shape index (κ3) is 4.98. The molecule has 5 rings (SSSR count). The summed E-state index contributed by atoms with van der Waals surface area (Å²) in [5.74, 6) is 2.01. The van der Waals surface area contributed by atoms with Crippen molar-refractivity contribution in [3.05, 3.63) is 0 Å². The van der Waals surface area contributed by atoms with E-state index in [1.54, 1.807) is 0 Å². The molecule has 9 heteroatoms. The lowest BCUT2D eigenvalue weighted by Crippen LogP contribution is -2.59. The second kappa shape index (κ2) is 11.1. The van der Waals surface area contributed by atoms with Gasteiger partial charge in [0.25, 0.3) is 0 Å². The zero-order valence-electron chi connectivity index (χ0n) is 23.7. The summed E-state index contributed by atoms with van der Waals surface area (Å²) >= 11 is 0. The highest BCUT2D eigenvalue weighted by molar-refractivity contribution is 5.69. The number of hydrogen-bond acceptors (Lipinski definition) is 9. The molecule has 0 aromatic rings. The molecule has 6 N–H and O–H groups in total. The minimum Gasteiger partial charge on any atom is -0.433 e. The predicted molar refractivity (Wildman–Crippen MR) is 141 cm³/mol. The average molecular weight is 555 g/mol. The first-order valence-electron chi connectivity index (χ1n) is 15.3. The molecular formula is C30H50O9. The normalized spacial score (nSPS) is 52.3. The molecule has 5 fully saturated rings. The summed E-state index contributed by atoms with van der Waals surface area (Å²) < 4.78 is 10.6. The van der Waals surface area contributed by atoms with Gasteiger partial charge in [0.1, 0.15) is 24.4 Å². The van der Waals surface area contributed by atoms with Gasteiger partial charge in [0.2, 0.25) is 6.29 Å². The van der Waals surface area contributed by atoms with E-state index in [-0.39, 0.29) is 41.3 Å². The smallest absolute Gasteiger partial charge is 0.308 e. The Kier molecular flexibility index (Phi) is 8.46. The van der Waals surface area contributed by atoms with Crippen molar-refractivity contribution in [2.75, 3.05) is 6.61 Å². The molecule has 9 nitrogen and oxygen atoms in total. The molecule has 0 aromatic heterocycles. The van der Waals surface area contributed by atoms with Crippen molar-refractivity contribution < 1.29 is 44.9 Å². The third-order valence-corrected chi connectivity index (χ3v) is 12.4. The minimum absolute atomic E-state index is 0.109.